The molecule has 2 heterocycles. The highest BCUT2D eigenvalue weighted by Gasteiger charge is 2.34. The van der Waals surface area contributed by atoms with Crippen LogP contribution in [0.4, 0.5) is 8.78 Å². The maximum absolute atomic E-state index is 13.6. The second-order valence-corrected chi connectivity index (χ2v) is 9.53. The van der Waals surface area contributed by atoms with Crippen molar-refractivity contribution in [2.75, 3.05) is 26.7 Å². The van der Waals surface area contributed by atoms with Crippen LogP contribution >= 0.6 is 0 Å². The van der Waals surface area contributed by atoms with E-state index in [1.165, 1.54) is 24.3 Å². The molecule has 0 radical (unpaired) electrons. The third-order valence-electron chi connectivity index (χ3n) is 6.56. The fourth-order valence-corrected chi connectivity index (χ4v) is 4.39. The van der Waals surface area contributed by atoms with E-state index in [1.54, 1.807) is 48.4 Å². The lowest BCUT2D eigenvalue weighted by Gasteiger charge is -2.37. The van der Waals surface area contributed by atoms with Crippen LogP contribution in [0.5, 0.6) is 5.88 Å². The van der Waals surface area contributed by atoms with E-state index in [2.05, 4.69) is 9.88 Å². The number of rotatable bonds is 7. The minimum Gasteiger partial charge on any atom is -0.472 e. The number of carbonyl (C=O) groups excluding carboxylic acids is 1. The lowest BCUT2D eigenvalue weighted by atomic mass is 9.99. The number of amides is 1. The number of carbonyl (C=O) groups is 1. The van der Waals surface area contributed by atoms with Crippen LogP contribution < -0.4 is 4.74 Å². The average molecular weight is 496 g/mol. The number of aliphatic hydroxyl groups is 1. The Balaban J connectivity index is 1.64. The molecule has 0 saturated heterocycles. The standard InChI is InChI=1S/C28H31F2N3O3/c1-18-14-33(19(2)17-34)28(35)25-12-22(21-6-10-24(30)11-7-21)13-31-27(25)36-26(18)16-32(3)15-20-4-8-23(29)9-5-20/h4-13,18-19,26,34H,14-17H2,1-3H3/t18-,19-,26-/m1/s1. The zero-order valence-corrected chi connectivity index (χ0v) is 20.7. The first-order chi connectivity index (χ1) is 17.2. The number of ether oxygens (including phenoxy) is 1. The number of aliphatic hydroxyl groups excluding tert-OH is 1. The third kappa shape index (κ3) is 5.88. The molecule has 1 aliphatic heterocycles. The van der Waals surface area contributed by atoms with Crippen molar-refractivity contribution in [1.82, 2.24) is 14.8 Å². The van der Waals surface area contributed by atoms with E-state index >= 15 is 0 Å². The molecule has 190 valence electrons. The summed E-state index contributed by atoms with van der Waals surface area (Å²) >= 11 is 0. The molecule has 1 amide bonds. The van der Waals surface area contributed by atoms with E-state index in [-0.39, 0.29) is 42.1 Å². The Morgan fingerprint density at radius 1 is 1.11 bits per heavy atom. The average Bonchev–Trinajstić information content (AvgIpc) is 2.87. The van der Waals surface area contributed by atoms with Crippen molar-refractivity contribution in [2.45, 2.75) is 32.5 Å². The van der Waals surface area contributed by atoms with Gasteiger partial charge in [0.25, 0.3) is 5.91 Å². The summed E-state index contributed by atoms with van der Waals surface area (Å²) in [6.07, 6.45) is 1.32. The zero-order chi connectivity index (χ0) is 25.8. The smallest absolute Gasteiger partial charge is 0.259 e. The zero-order valence-electron chi connectivity index (χ0n) is 20.7. The van der Waals surface area contributed by atoms with Crippen molar-refractivity contribution >= 4 is 5.91 Å². The van der Waals surface area contributed by atoms with Crippen LogP contribution in [-0.2, 0) is 6.54 Å². The van der Waals surface area contributed by atoms with Crippen LogP contribution in [0.2, 0.25) is 0 Å². The quantitative estimate of drug-likeness (QED) is 0.527. The summed E-state index contributed by atoms with van der Waals surface area (Å²) in [7, 11) is 1.96. The summed E-state index contributed by atoms with van der Waals surface area (Å²) in [6, 6.07) is 13.7. The van der Waals surface area contributed by atoms with Gasteiger partial charge in [-0.05, 0) is 55.4 Å². The number of benzene rings is 2. The molecule has 2 aromatic carbocycles. The Labute approximate surface area is 210 Å². The van der Waals surface area contributed by atoms with Gasteiger partial charge in [0.05, 0.1) is 12.6 Å². The lowest BCUT2D eigenvalue weighted by Crippen LogP contribution is -2.49. The number of fused-ring (bicyclic) bond motifs is 1. The van der Waals surface area contributed by atoms with Gasteiger partial charge >= 0.3 is 0 Å². The SMILES string of the molecule is C[C@@H]1CN([C@H](C)CO)C(=O)c2cc(-c3ccc(F)cc3)cnc2O[C@@H]1CN(C)Cc1ccc(F)cc1. The minimum absolute atomic E-state index is 0.0506. The predicted molar refractivity (Wildman–Crippen MR) is 134 cm³/mol. The van der Waals surface area contributed by atoms with Gasteiger partial charge in [-0.15, -0.1) is 0 Å². The lowest BCUT2D eigenvalue weighted by molar-refractivity contribution is 0.0325. The highest BCUT2D eigenvalue weighted by atomic mass is 19.1. The summed E-state index contributed by atoms with van der Waals surface area (Å²) in [4.78, 5) is 21.8. The van der Waals surface area contributed by atoms with Crippen LogP contribution in [0.25, 0.3) is 11.1 Å². The van der Waals surface area contributed by atoms with Crippen molar-refractivity contribution in [2.24, 2.45) is 5.92 Å². The van der Waals surface area contributed by atoms with Crippen LogP contribution in [0, 0.1) is 17.6 Å². The molecule has 0 fully saturated rings. The molecule has 1 aliphatic rings. The van der Waals surface area contributed by atoms with Gasteiger partial charge in [0.1, 0.15) is 23.3 Å². The van der Waals surface area contributed by atoms with Gasteiger partial charge in [0, 0.05) is 37.3 Å². The van der Waals surface area contributed by atoms with Gasteiger partial charge < -0.3 is 14.7 Å². The van der Waals surface area contributed by atoms with Crippen molar-refractivity contribution in [1.29, 1.82) is 0 Å². The van der Waals surface area contributed by atoms with Gasteiger partial charge in [-0.2, -0.15) is 0 Å². The Hall–Kier alpha value is -3.36. The van der Waals surface area contributed by atoms with Gasteiger partial charge in [-0.3, -0.25) is 9.69 Å². The van der Waals surface area contributed by atoms with E-state index in [1.807, 2.05) is 14.0 Å². The van der Waals surface area contributed by atoms with Gasteiger partial charge in [-0.25, -0.2) is 13.8 Å². The Kier molecular flexibility index (Phi) is 7.96. The fraction of sp³-hybridized carbons (Fsp3) is 0.357. The van der Waals surface area contributed by atoms with Crippen molar-refractivity contribution in [3.8, 4) is 17.0 Å². The van der Waals surface area contributed by atoms with Crippen LogP contribution in [-0.4, -0.2) is 64.7 Å². The van der Waals surface area contributed by atoms with E-state index in [0.29, 0.717) is 30.8 Å². The first-order valence-corrected chi connectivity index (χ1v) is 12.0. The van der Waals surface area contributed by atoms with E-state index in [4.69, 9.17) is 4.74 Å². The van der Waals surface area contributed by atoms with Crippen LogP contribution in [0.1, 0.15) is 29.8 Å². The normalized spacial score (nSPS) is 18.9. The van der Waals surface area contributed by atoms with Crippen molar-refractivity contribution < 1.29 is 23.4 Å². The second kappa shape index (κ2) is 11.1. The number of pyridine rings is 1. The molecule has 3 aromatic rings. The highest BCUT2D eigenvalue weighted by Crippen LogP contribution is 2.30. The fourth-order valence-electron chi connectivity index (χ4n) is 4.39. The molecular formula is C28H31F2N3O3. The maximum Gasteiger partial charge on any atom is 0.259 e. The summed E-state index contributed by atoms with van der Waals surface area (Å²) in [6.45, 7) is 5.20. The van der Waals surface area contributed by atoms with Crippen molar-refractivity contribution in [3.05, 3.63) is 83.6 Å². The summed E-state index contributed by atoms with van der Waals surface area (Å²) in [5.74, 6) is -0.711. The van der Waals surface area contributed by atoms with E-state index in [0.717, 1.165) is 11.1 Å². The van der Waals surface area contributed by atoms with Gasteiger partial charge in [0.15, 0.2) is 0 Å². The molecule has 4 rings (SSSR count). The molecule has 0 unspecified atom stereocenters. The molecule has 8 heteroatoms. The Morgan fingerprint density at radius 2 is 1.75 bits per heavy atom. The number of aromatic nitrogens is 1. The molecule has 36 heavy (non-hydrogen) atoms. The first-order valence-electron chi connectivity index (χ1n) is 12.0. The Bertz CT molecular complexity index is 1190. The highest BCUT2D eigenvalue weighted by molar-refractivity contribution is 5.98. The second-order valence-electron chi connectivity index (χ2n) is 9.53. The number of hydrogen-bond acceptors (Lipinski definition) is 5. The van der Waals surface area contributed by atoms with Crippen LogP contribution in [0.15, 0.2) is 60.8 Å². The summed E-state index contributed by atoms with van der Waals surface area (Å²) in [5, 5.41) is 9.84. The van der Waals surface area contributed by atoms with Crippen LogP contribution in [0.3, 0.4) is 0 Å². The predicted octanol–water partition coefficient (Wildman–Crippen LogP) is 4.38. The topological polar surface area (TPSA) is 65.9 Å². The summed E-state index contributed by atoms with van der Waals surface area (Å²) in [5.41, 5.74) is 2.67. The molecule has 0 saturated carbocycles. The molecule has 0 spiro atoms. The maximum atomic E-state index is 13.6. The van der Waals surface area contributed by atoms with E-state index < -0.39 is 6.04 Å². The summed E-state index contributed by atoms with van der Waals surface area (Å²) < 4.78 is 33.0. The largest absolute Gasteiger partial charge is 0.472 e. The van der Waals surface area contributed by atoms with E-state index in [9.17, 15) is 18.7 Å². The molecule has 0 aliphatic carbocycles. The molecule has 6 nitrogen and oxygen atoms in total. The molecule has 0 bridgehead atoms. The molecule has 1 aromatic heterocycles. The third-order valence-corrected chi connectivity index (χ3v) is 6.56. The van der Waals surface area contributed by atoms with Gasteiger partial charge in [-0.1, -0.05) is 31.2 Å². The number of hydrogen-bond donors (Lipinski definition) is 1. The number of likely N-dealkylation sites (N-methyl/N-ethyl adjacent to an activating group) is 1. The van der Waals surface area contributed by atoms with Gasteiger partial charge in [0.2, 0.25) is 5.88 Å². The Morgan fingerprint density at radius 3 is 2.39 bits per heavy atom. The number of nitrogens with zero attached hydrogens (tertiary/aromatic N) is 3. The minimum atomic E-state index is -0.391. The number of halogens is 2. The monoisotopic (exact) mass is 495 g/mol. The van der Waals surface area contributed by atoms with Crippen molar-refractivity contribution in [3.63, 3.8) is 0 Å². The first kappa shape index (κ1) is 25.7. The molecular weight excluding hydrogens is 464 g/mol. The molecule has 1 N–H and O–H groups in total. The molecule has 3 atom stereocenters.